The molecule has 2 N–H and O–H groups in total. The molecule has 0 heterocycles. The molecular formula is C16H21FN2. The average molecular weight is 260 g/mol. The van der Waals surface area contributed by atoms with Crippen molar-refractivity contribution in [1.82, 2.24) is 5.32 Å². The first-order valence-electron chi connectivity index (χ1n) is 6.42. The van der Waals surface area contributed by atoms with Crippen LogP contribution >= 0.6 is 0 Å². The Morgan fingerprint density at radius 1 is 1.37 bits per heavy atom. The third kappa shape index (κ3) is 6.00. The van der Waals surface area contributed by atoms with Crippen LogP contribution in [0.5, 0.6) is 0 Å². The highest BCUT2D eigenvalue weighted by Crippen LogP contribution is 2.13. The van der Waals surface area contributed by atoms with Crippen molar-refractivity contribution in [2.24, 2.45) is 0 Å². The molecule has 0 saturated heterocycles. The molecule has 0 atom stereocenters. The van der Waals surface area contributed by atoms with Crippen molar-refractivity contribution in [3.05, 3.63) is 59.8 Å². The summed E-state index contributed by atoms with van der Waals surface area (Å²) >= 11 is 0. The number of aryl methyl sites for hydroxylation is 1. The fourth-order valence-electron chi connectivity index (χ4n) is 1.75. The monoisotopic (exact) mass is 260 g/mol. The first kappa shape index (κ1) is 15.2. The number of rotatable bonds is 8. The van der Waals surface area contributed by atoms with Crippen molar-refractivity contribution >= 4 is 5.71 Å². The Hall–Kier alpha value is -1.90. The lowest BCUT2D eigenvalue weighted by molar-refractivity contribution is 0.482. The smallest absolute Gasteiger partial charge is 0.107 e. The first-order valence-corrected chi connectivity index (χ1v) is 6.42. The number of alkyl halides is 1. The largest absolute Gasteiger partial charge is 0.382 e. The van der Waals surface area contributed by atoms with Gasteiger partial charge in [-0.2, -0.15) is 0 Å². The van der Waals surface area contributed by atoms with Crippen molar-refractivity contribution in [3.8, 4) is 0 Å². The van der Waals surface area contributed by atoms with Gasteiger partial charge in [0.05, 0.1) is 0 Å². The van der Waals surface area contributed by atoms with Gasteiger partial charge in [0.2, 0.25) is 0 Å². The maximum absolute atomic E-state index is 12.2. The van der Waals surface area contributed by atoms with Crippen molar-refractivity contribution in [3.63, 3.8) is 0 Å². The normalized spacial score (nSPS) is 11.2. The number of nitrogens with one attached hydrogen (secondary N) is 2. The fraction of sp³-hybridized carbons (Fsp3) is 0.312. The number of benzene rings is 1. The van der Waals surface area contributed by atoms with E-state index in [-0.39, 0.29) is 6.54 Å². The minimum atomic E-state index is -0.430. The lowest BCUT2D eigenvalue weighted by Gasteiger charge is -2.13. The van der Waals surface area contributed by atoms with E-state index in [0.29, 0.717) is 5.71 Å². The standard InChI is InChI=1S/C16H21FN2/c1-13(8-9-15-6-4-3-5-7-15)16(12-14(2)18)19-11-10-17/h3-7,12,18-19H,1,8-11H2,2H3/b16-12-,18-14?. The molecule has 19 heavy (non-hydrogen) atoms. The second-order valence-corrected chi connectivity index (χ2v) is 4.45. The van der Waals surface area contributed by atoms with Crippen LogP contribution in [0.3, 0.4) is 0 Å². The maximum atomic E-state index is 12.2. The Balaban J connectivity index is 2.59. The molecule has 1 aromatic rings. The van der Waals surface area contributed by atoms with Crippen LogP contribution < -0.4 is 5.32 Å². The summed E-state index contributed by atoms with van der Waals surface area (Å²) in [5.41, 5.74) is 3.35. The Kier molecular flexibility index (Phi) is 6.58. The second-order valence-electron chi connectivity index (χ2n) is 4.45. The van der Waals surface area contributed by atoms with E-state index < -0.39 is 6.67 Å². The van der Waals surface area contributed by atoms with E-state index in [1.807, 2.05) is 18.2 Å². The zero-order valence-electron chi connectivity index (χ0n) is 11.4. The van der Waals surface area contributed by atoms with E-state index in [2.05, 4.69) is 24.0 Å². The van der Waals surface area contributed by atoms with Gasteiger partial charge in [0, 0.05) is 18.0 Å². The molecule has 0 aliphatic rings. The van der Waals surface area contributed by atoms with Crippen molar-refractivity contribution in [2.75, 3.05) is 13.2 Å². The van der Waals surface area contributed by atoms with Crippen LogP contribution in [-0.4, -0.2) is 18.9 Å². The second kappa shape index (κ2) is 8.25. The molecule has 1 aromatic carbocycles. The molecule has 0 saturated carbocycles. The zero-order valence-corrected chi connectivity index (χ0v) is 11.4. The molecule has 0 bridgehead atoms. The third-order valence-electron chi connectivity index (χ3n) is 2.71. The highest BCUT2D eigenvalue weighted by atomic mass is 19.1. The van der Waals surface area contributed by atoms with Crippen LogP contribution in [0.1, 0.15) is 18.9 Å². The van der Waals surface area contributed by atoms with Gasteiger partial charge in [-0.3, -0.25) is 0 Å². The molecule has 0 radical (unpaired) electrons. The van der Waals surface area contributed by atoms with Gasteiger partial charge in [-0.1, -0.05) is 36.9 Å². The fourth-order valence-corrected chi connectivity index (χ4v) is 1.75. The Labute approximate surface area is 114 Å². The minimum absolute atomic E-state index is 0.253. The molecule has 0 unspecified atom stereocenters. The molecular weight excluding hydrogens is 239 g/mol. The average Bonchev–Trinajstić information content (AvgIpc) is 2.41. The molecule has 3 heteroatoms. The van der Waals surface area contributed by atoms with Crippen LogP contribution in [0.25, 0.3) is 0 Å². The highest BCUT2D eigenvalue weighted by Gasteiger charge is 2.03. The van der Waals surface area contributed by atoms with Gasteiger partial charge in [-0.25, -0.2) is 4.39 Å². The van der Waals surface area contributed by atoms with Gasteiger partial charge >= 0.3 is 0 Å². The van der Waals surface area contributed by atoms with E-state index in [0.717, 1.165) is 24.1 Å². The van der Waals surface area contributed by atoms with Crippen LogP contribution in [0, 0.1) is 5.41 Å². The van der Waals surface area contributed by atoms with Crippen LogP contribution in [0.2, 0.25) is 0 Å². The molecule has 0 fully saturated rings. The predicted octanol–water partition coefficient (Wildman–Crippen LogP) is 3.66. The molecule has 0 aliphatic heterocycles. The zero-order chi connectivity index (χ0) is 14.1. The lowest BCUT2D eigenvalue weighted by Crippen LogP contribution is -2.18. The van der Waals surface area contributed by atoms with Crippen molar-refractivity contribution < 1.29 is 4.39 Å². The minimum Gasteiger partial charge on any atom is -0.382 e. The summed E-state index contributed by atoms with van der Waals surface area (Å²) in [5.74, 6) is 0. The molecule has 0 aromatic heterocycles. The summed E-state index contributed by atoms with van der Waals surface area (Å²) in [6.45, 7) is 5.55. The Morgan fingerprint density at radius 3 is 2.63 bits per heavy atom. The number of hydrogen-bond acceptors (Lipinski definition) is 2. The van der Waals surface area contributed by atoms with E-state index in [1.165, 1.54) is 5.56 Å². The highest BCUT2D eigenvalue weighted by molar-refractivity contribution is 5.91. The number of hydrogen-bond donors (Lipinski definition) is 2. The van der Waals surface area contributed by atoms with Crippen LogP contribution in [0.4, 0.5) is 4.39 Å². The third-order valence-corrected chi connectivity index (χ3v) is 2.71. The van der Waals surface area contributed by atoms with E-state index in [1.54, 1.807) is 13.0 Å². The number of halogens is 1. The topological polar surface area (TPSA) is 35.9 Å². The quantitative estimate of drug-likeness (QED) is 0.543. The van der Waals surface area contributed by atoms with Crippen molar-refractivity contribution in [2.45, 2.75) is 19.8 Å². The molecule has 1 rings (SSSR count). The van der Waals surface area contributed by atoms with Crippen LogP contribution in [0.15, 0.2) is 54.3 Å². The van der Waals surface area contributed by atoms with Gasteiger partial charge in [-0.15, -0.1) is 0 Å². The summed E-state index contributed by atoms with van der Waals surface area (Å²) < 4.78 is 12.2. The Morgan fingerprint density at radius 2 is 2.05 bits per heavy atom. The summed E-state index contributed by atoms with van der Waals surface area (Å²) in [6, 6.07) is 10.2. The first-order chi connectivity index (χ1) is 9.13. The van der Waals surface area contributed by atoms with Gasteiger partial charge in [0.25, 0.3) is 0 Å². The van der Waals surface area contributed by atoms with Gasteiger partial charge in [-0.05, 0) is 37.0 Å². The lowest BCUT2D eigenvalue weighted by atomic mass is 10.0. The van der Waals surface area contributed by atoms with Gasteiger partial charge in [0.1, 0.15) is 6.67 Å². The SMILES string of the molecule is C=C(CCc1ccccc1)/C(=C/C(C)=N)NCCF. The van der Waals surface area contributed by atoms with E-state index in [4.69, 9.17) is 5.41 Å². The summed E-state index contributed by atoms with van der Waals surface area (Å²) in [7, 11) is 0. The van der Waals surface area contributed by atoms with Crippen LogP contribution in [-0.2, 0) is 6.42 Å². The van der Waals surface area contributed by atoms with E-state index >= 15 is 0 Å². The molecule has 0 amide bonds. The molecule has 102 valence electrons. The van der Waals surface area contributed by atoms with E-state index in [9.17, 15) is 4.39 Å². The summed E-state index contributed by atoms with van der Waals surface area (Å²) in [5, 5.41) is 10.5. The van der Waals surface area contributed by atoms with Gasteiger partial charge in [0.15, 0.2) is 0 Å². The Bertz CT molecular complexity index is 449. The summed E-state index contributed by atoms with van der Waals surface area (Å²) in [4.78, 5) is 0. The van der Waals surface area contributed by atoms with Gasteiger partial charge < -0.3 is 10.7 Å². The molecule has 0 spiro atoms. The van der Waals surface area contributed by atoms with Crippen molar-refractivity contribution in [1.29, 1.82) is 5.41 Å². The number of allylic oxidation sites excluding steroid dienone is 2. The summed E-state index contributed by atoms with van der Waals surface area (Å²) in [6.07, 6.45) is 3.39. The molecule has 0 aliphatic carbocycles. The predicted molar refractivity (Wildman–Crippen MR) is 79.4 cm³/mol. The maximum Gasteiger partial charge on any atom is 0.107 e. The molecule has 2 nitrogen and oxygen atoms in total.